The van der Waals surface area contributed by atoms with Gasteiger partial charge in [0.15, 0.2) is 5.78 Å². The first-order valence-electron chi connectivity index (χ1n) is 6.00. The summed E-state index contributed by atoms with van der Waals surface area (Å²) in [6, 6.07) is 7.19. The maximum atomic E-state index is 11.3. The summed E-state index contributed by atoms with van der Waals surface area (Å²) < 4.78 is 5.82. The van der Waals surface area contributed by atoms with Gasteiger partial charge in [0, 0.05) is 12.1 Å². The van der Waals surface area contributed by atoms with Crippen LogP contribution in [-0.4, -0.2) is 31.5 Å². The third-order valence-corrected chi connectivity index (χ3v) is 2.92. The van der Waals surface area contributed by atoms with Crippen LogP contribution in [0.5, 0.6) is 5.75 Å². The van der Waals surface area contributed by atoms with Crippen LogP contribution in [0.25, 0.3) is 0 Å². The van der Waals surface area contributed by atoms with Crippen LogP contribution in [0.15, 0.2) is 24.3 Å². The second kappa shape index (κ2) is 5.80. The fourth-order valence-electron chi connectivity index (χ4n) is 1.95. The molecule has 1 fully saturated rings. The van der Waals surface area contributed by atoms with Crippen molar-refractivity contribution in [1.29, 1.82) is 0 Å². The number of Topliss-reactive ketones (excluding diaryl/α,β-unsaturated/α-hetero) is 1. The highest BCUT2D eigenvalue weighted by molar-refractivity contribution is 5.97. The number of hydrogen-bond donors (Lipinski definition) is 2. The van der Waals surface area contributed by atoms with Crippen molar-refractivity contribution in [3.63, 3.8) is 0 Å². The van der Waals surface area contributed by atoms with Gasteiger partial charge in [-0.15, -0.1) is 0 Å². The number of nitrogens with one attached hydrogen (secondary N) is 1. The molecule has 1 aromatic carbocycles. The average Bonchev–Trinajstić information content (AvgIpc) is 2.40. The van der Waals surface area contributed by atoms with Gasteiger partial charge in [-0.25, -0.2) is 0 Å². The molecule has 4 heteroatoms. The maximum absolute atomic E-state index is 11.3. The van der Waals surface area contributed by atoms with Crippen molar-refractivity contribution < 1.29 is 9.53 Å². The Balaban J connectivity index is 1.95. The van der Waals surface area contributed by atoms with Gasteiger partial charge in [0.05, 0.1) is 6.54 Å². The zero-order valence-electron chi connectivity index (χ0n) is 9.82. The molecule has 1 aliphatic heterocycles. The zero-order chi connectivity index (χ0) is 12.1. The predicted octanol–water partition coefficient (Wildman–Crippen LogP) is 0.959. The minimum atomic E-state index is -0.0455. The average molecular weight is 234 g/mol. The summed E-state index contributed by atoms with van der Waals surface area (Å²) in [4.78, 5) is 11.3. The molecule has 0 aliphatic carbocycles. The fraction of sp³-hybridized carbons (Fsp3) is 0.462. The molecule has 0 radical (unpaired) electrons. The second-order valence-electron chi connectivity index (χ2n) is 4.24. The molecular formula is C13H18N2O2. The van der Waals surface area contributed by atoms with Crippen molar-refractivity contribution in [3.05, 3.63) is 29.8 Å². The number of benzene rings is 1. The van der Waals surface area contributed by atoms with Crippen LogP contribution in [0, 0.1) is 0 Å². The van der Waals surface area contributed by atoms with Gasteiger partial charge >= 0.3 is 0 Å². The lowest BCUT2D eigenvalue weighted by Crippen LogP contribution is -2.37. The number of carbonyl (C=O) groups excluding carboxylic acids is 1. The summed E-state index contributed by atoms with van der Waals surface area (Å²) in [5.41, 5.74) is 5.94. The molecule has 0 spiro atoms. The monoisotopic (exact) mass is 234 g/mol. The number of piperidine rings is 1. The largest absolute Gasteiger partial charge is 0.489 e. The molecule has 17 heavy (non-hydrogen) atoms. The van der Waals surface area contributed by atoms with E-state index in [1.807, 2.05) is 12.1 Å². The molecule has 4 nitrogen and oxygen atoms in total. The minimum Gasteiger partial charge on any atom is -0.489 e. The number of carbonyl (C=O) groups is 1. The third-order valence-electron chi connectivity index (χ3n) is 2.92. The van der Waals surface area contributed by atoms with Crippen LogP contribution in [0.2, 0.25) is 0 Å². The Morgan fingerprint density at radius 2 is 2.18 bits per heavy atom. The Hall–Kier alpha value is -1.39. The molecule has 3 N–H and O–H groups in total. The van der Waals surface area contributed by atoms with E-state index in [4.69, 9.17) is 10.5 Å². The van der Waals surface area contributed by atoms with E-state index in [-0.39, 0.29) is 18.4 Å². The first-order valence-corrected chi connectivity index (χ1v) is 6.00. The number of nitrogens with two attached hydrogens (primary N) is 1. The normalized spacial score (nSPS) is 19.9. The van der Waals surface area contributed by atoms with Crippen molar-refractivity contribution in [1.82, 2.24) is 5.32 Å². The summed E-state index contributed by atoms with van der Waals surface area (Å²) in [6.07, 6.45) is 2.46. The molecule has 2 rings (SSSR count). The van der Waals surface area contributed by atoms with Crippen molar-refractivity contribution in [2.75, 3.05) is 19.6 Å². The molecule has 0 saturated carbocycles. The van der Waals surface area contributed by atoms with Crippen molar-refractivity contribution in [3.8, 4) is 5.75 Å². The lowest BCUT2D eigenvalue weighted by molar-refractivity contribution is 0.100. The Bertz CT molecular complexity index is 370. The van der Waals surface area contributed by atoms with Gasteiger partial charge in [-0.3, -0.25) is 4.79 Å². The van der Waals surface area contributed by atoms with Crippen molar-refractivity contribution in [2.24, 2.45) is 5.73 Å². The lowest BCUT2D eigenvalue weighted by Gasteiger charge is -2.23. The standard InChI is InChI=1S/C13H18N2O2/c14-8-13(16)10-3-5-11(6-4-10)17-12-2-1-7-15-9-12/h3-6,12,15H,1-2,7-9,14H2. The minimum absolute atomic E-state index is 0.0455. The number of hydrogen-bond acceptors (Lipinski definition) is 4. The Kier molecular flexibility index (Phi) is 4.12. The van der Waals surface area contributed by atoms with Gasteiger partial charge in [0.1, 0.15) is 11.9 Å². The van der Waals surface area contributed by atoms with E-state index >= 15 is 0 Å². The molecule has 1 saturated heterocycles. The van der Waals surface area contributed by atoms with Gasteiger partial charge in [-0.2, -0.15) is 0 Å². The zero-order valence-corrected chi connectivity index (χ0v) is 9.82. The van der Waals surface area contributed by atoms with E-state index in [9.17, 15) is 4.79 Å². The number of ether oxygens (including phenoxy) is 1. The molecule has 1 heterocycles. The first-order chi connectivity index (χ1) is 8.29. The SMILES string of the molecule is NCC(=O)c1ccc(OC2CCCNC2)cc1. The molecule has 0 amide bonds. The second-order valence-corrected chi connectivity index (χ2v) is 4.24. The topological polar surface area (TPSA) is 64.4 Å². The molecular weight excluding hydrogens is 216 g/mol. The molecule has 1 aromatic rings. The highest BCUT2D eigenvalue weighted by atomic mass is 16.5. The van der Waals surface area contributed by atoms with E-state index < -0.39 is 0 Å². The van der Waals surface area contributed by atoms with Gasteiger partial charge in [-0.1, -0.05) is 0 Å². The van der Waals surface area contributed by atoms with Gasteiger partial charge in [0.25, 0.3) is 0 Å². The van der Waals surface area contributed by atoms with Crippen LogP contribution >= 0.6 is 0 Å². The third kappa shape index (κ3) is 3.28. The van der Waals surface area contributed by atoms with Crippen LogP contribution in [-0.2, 0) is 0 Å². The van der Waals surface area contributed by atoms with Crippen LogP contribution < -0.4 is 15.8 Å². The van der Waals surface area contributed by atoms with E-state index in [1.165, 1.54) is 0 Å². The molecule has 0 aromatic heterocycles. The van der Waals surface area contributed by atoms with E-state index in [0.717, 1.165) is 31.7 Å². The maximum Gasteiger partial charge on any atom is 0.176 e. The summed E-state index contributed by atoms with van der Waals surface area (Å²) in [5.74, 6) is 0.767. The summed E-state index contributed by atoms with van der Waals surface area (Å²) in [6.45, 7) is 2.01. The Labute approximate surface area is 101 Å². The molecule has 1 atom stereocenters. The van der Waals surface area contributed by atoms with Crippen LogP contribution in [0.1, 0.15) is 23.2 Å². The molecule has 1 unspecified atom stereocenters. The molecule has 1 aliphatic rings. The van der Waals surface area contributed by atoms with E-state index in [1.54, 1.807) is 12.1 Å². The van der Waals surface area contributed by atoms with Gasteiger partial charge < -0.3 is 15.8 Å². The van der Waals surface area contributed by atoms with E-state index in [2.05, 4.69) is 5.32 Å². The fourth-order valence-corrected chi connectivity index (χ4v) is 1.95. The van der Waals surface area contributed by atoms with E-state index in [0.29, 0.717) is 5.56 Å². The van der Waals surface area contributed by atoms with Gasteiger partial charge in [0.2, 0.25) is 0 Å². The number of rotatable bonds is 4. The van der Waals surface area contributed by atoms with Gasteiger partial charge in [-0.05, 0) is 43.7 Å². The van der Waals surface area contributed by atoms with Crippen molar-refractivity contribution >= 4 is 5.78 Å². The Morgan fingerprint density at radius 1 is 1.41 bits per heavy atom. The smallest absolute Gasteiger partial charge is 0.176 e. The quantitative estimate of drug-likeness (QED) is 0.762. The Morgan fingerprint density at radius 3 is 2.76 bits per heavy atom. The molecule has 0 bridgehead atoms. The lowest BCUT2D eigenvalue weighted by atomic mass is 10.1. The van der Waals surface area contributed by atoms with Crippen LogP contribution in [0.4, 0.5) is 0 Å². The summed E-state index contributed by atoms with van der Waals surface area (Å²) in [7, 11) is 0. The highest BCUT2D eigenvalue weighted by Crippen LogP contribution is 2.16. The predicted molar refractivity (Wildman–Crippen MR) is 66.3 cm³/mol. The van der Waals surface area contributed by atoms with Crippen LogP contribution in [0.3, 0.4) is 0 Å². The molecule has 92 valence electrons. The summed E-state index contributed by atoms with van der Waals surface area (Å²) >= 11 is 0. The first kappa shape index (κ1) is 12.1. The number of ketones is 1. The highest BCUT2D eigenvalue weighted by Gasteiger charge is 2.14. The summed E-state index contributed by atoms with van der Waals surface area (Å²) in [5, 5.41) is 3.30. The van der Waals surface area contributed by atoms with Crippen molar-refractivity contribution in [2.45, 2.75) is 18.9 Å².